The van der Waals surface area contributed by atoms with Crippen molar-refractivity contribution in [2.45, 2.75) is 5.92 Å². The van der Waals surface area contributed by atoms with Crippen LogP contribution in [0, 0.1) is 0 Å². The SMILES string of the molecule is NC(=O)NN=C1c2ccccc2OCC1c1ccccc1. The number of ether oxygens (including phenoxy) is 1. The number of nitrogens with two attached hydrogens (primary N) is 1. The average molecular weight is 281 g/mol. The van der Waals surface area contributed by atoms with Gasteiger partial charge in [0, 0.05) is 5.56 Å². The first kappa shape index (κ1) is 13.2. The Morgan fingerprint density at radius 2 is 1.86 bits per heavy atom. The number of fused-ring (bicyclic) bond motifs is 1. The van der Waals surface area contributed by atoms with Crippen LogP contribution in [-0.2, 0) is 0 Å². The molecule has 21 heavy (non-hydrogen) atoms. The zero-order chi connectivity index (χ0) is 14.7. The van der Waals surface area contributed by atoms with E-state index in [0.29, 0.717) is 6.61 Å². The highest BCUT2D eigenvalue weighted by molar-refractivity contribution is 6.08. The highest BCUT2D eigenvalue weighted by Crippen LogP contribution is 2.32. The van der Waals surface area contributed by atoms with Crippen LogP contribution >= 0.6 is 0 Å². The van der Waals surface area contributed by atoms with E-state index in [2.05, 4.69) is 10.5 Å². The van der Waals surface area contributed by atoms with Crippen LogP contribution in [0.25, 0.3) is 0 Å². The minimum absolute atomic E-state index is 0.0482. The third kappa shape index (κ3) is 2.72. The number of nitrogens with one attached hydrogen (secondary N) is 1. The molecule has 5 heteroatoms. The van der Waals surface area contributed by atoms with Crippen LogP contribution in [0.1, 0.15) is 17.0 Å². The molecule has 2 aromatic carbocycles. The number of para-hydroxylation sites is 1. The molecule has 1 heterocycles. The van der Waals surface area contributed by atoms with Crippen molar-refractivity contribution in [3.63, 3.8) is 0 Å². The second-order valence-electron chi connectivity index (χ2n) is 4.74. The molecule has 0 radical (unpaired) electrons. The van der Waals surface area contributed by atoms with E-state index in [4.69, 9.17) is 10.5 Å². The third-order valence-corrected chi connectivity index (χ3v) is 3.39. The first-order valence-electron chi connectivity index (χ1n) is 6.66. The van der Waals surface area contributed by atoms with Crippen molar-refractivity contribution in [3.05, 3.63) is 65.7 Å². The molecule has 0 aromatic heterocycles. The van der Waals surface area contributed by atoms with Crippen molar-refractivity contribution in [1.29, 1.82) is 0 Å². The Morgan fingerprint density at radius 3 is 2.62 bits per heavy atom. The van der Waals surface area contributed by atoms with Gasteiger partial charge in [0.25, 0.3) is 0 Å². The number of carbonyl (C=O) groups excluding carboxylic acids is 1. The maximum atomic E-state index is 11.0. The van der Waals surface area contributed by atoms with Gasteiger partial charge in [-0.1, -0.05) is 42.5 Å². The van der Waals surface area contributed by atoms with Crippen molar-refractivity contribution in [2.24, 2.45) is 10.8 Å². The van der Waals surface area contributed by atoms with Crippen LogP contribution < -0.4 is 15.9 Å². The van der Waals surface area contributed by atoms with Crippen LogP contribution in [0.3, 0.4) is 0 Å². The largest absolute Gasteiger partial charge is 0.492 e. The van der Waals surface area contributed by atoms with Gasteiger partial charge in [-0.2, -0.15) is 5.10 Å². The molecule has 2 amide bonds. The van der Waals surface area contributed by atoms with Gasteiger partial charge >= 0.3 is 6.03 Å². The number of carbonyl (C=O) groups is 1. The zero-order valence-corrected chi connectivity index (χ0v) is 11.3. The summed E-state index contributed by atoms with van der Waals surface area (Å²) in [4.78, 5) is 11.0. The molecule has 106 valence electrons. The fourth-order valence-corrected chi connectivity index (χ4v) is 2.44. The Balaban J connectivity index is 2.05. The number of benzene rings is 2. The highest BCUT2D eigenvalue weighted by atomic mass is 16.5. The summed E-state index contributed by atoms with van der Waals surface area (Å²) in [7, 11) is 0. The Labute approximate surface area is 122 Å². The standard InChI is InChI=1S/C16H15N3O2/c17-16(20)19-18-15-12-8-4-5-9-14(12)21-10-13(15)11-6-2-1-3-7-11/h1-9,13H,10H2,(H3,17,19,20). The quantitative estimate of drug-likeness (QED) is 0.828. The molecule has 3 rings (SSSR count). The molecule has 0 saturated heterocycles. The second-order valence-corrected chi connectivity index (χ2v) is 4.74. The Hall–Kier alpha value is -2.82. The van der Waals surface area contributed by atoms with Gasteiger partial charge in [0.15, 0.2) is 0 Å². The van der Waals surface area contributed by atoms with Crippen LogP contribution in [0.4, 0.5) is 4.79 Å². The van der Waals surface area contributed by atoms with E-state index in [-0.39, 0.29) is 5.92 Å². The molecule has 0 aliphatic carbocycles. The molecule has 0 fully saturated rings. The van der Waals surface area contributed by atoms with Crippen LogP contribution in [-0.4, -0.2) is 18.3 Å². The minimum Gasteiger partial charge on any atom is -0.492 e. The van der Waals surface area contributed by atoms with Gasteiger partial charge in [0.2, 0.25) is 0 Å². The van der Waals surface area contributed by atoms with E-state index in [0.717, 1.165) is 22.6 Å². The Kier molecular flexibility index (Phi) is 3.55. The number of nitrogens with zero attached hydrogens (tertiary/aromatic N) is 1. The van der Waals surface area contributed by atoms with E-state index in [1.54, 1.807) is 0 Å². The molecule has 5 nitrogen and oxygen atoms in total. The fraction of sp³-hybridized carbons (Fsp3) is 0.125. The summed E-state index contributed by atoms with van der Waals surface area (Å²) in [6.45, 7) is 0.473. The van der Waals surface area contributed by atoms with E-state index in [1.165, 1.54) is 0 Å². The van der Waals surface area contributed by atoms with Crippen molar-refractivity contribution >= 4 is 11.7 Å². The summed E-state index contributed by atoms with van der Waals surface area (Å²) in [5, 5.41) is 4.19. The molecule has 1 aliphatic rings. The monoisotopic (exact) mass is 281 g/mol. The number of amides is 2. The molecule has 1 atom stereocenters. The third-order valence-electron chi connectivity index (χ3n) is 3.39. The van der Waals surface area contributed by atoms with Crippen LogP contribution in [0.2, 0.25) is 0 Å². The number of primary amides is 1. The minimum atomic E-state index is -0.682. The molecular formula is C16H15N3O2. The maximum absolute atomic E-state index is 11.0. The lowest BCUT2D eigenvalue weighted by Gasteiger charge is -2.27. The summed E-state index contributed by atoms with van der Waals surface area (Å²) in [6, 6.07) is 16.9. The van der Waals surface area contributed by atoms with Crippen LogP contribution in [0.5, 0.6) is 5.75 Å². The van der Waals surface area contributed by atoms with Crippen molar-refractivity contribution < 1.29 is 9.53 Å². The lowest BCUT2D eigenvalue weighted by atomic mass is 9.88. The Bertz CT molecular complexity index is 683. The zero-order valence-electron chi connectivity index (χ0n) is 11.3. The van der Waals surface area contributed by atoms with Crippen molar-refractivity contribution in [2.75, 3.05) is 6.61 Å². The number of hydrazone groups is 1. The number of hydrogen-bond acceptors (Lipinski definition) is 3. The fourth-order valence-electron chi connectivity index (χ4n) is 2.44. The van der Waals surface area contributed by atoms with Gasteiger partial charge in [-0.05, 0) is 17.7 Å². The van der Waals surface area contributed by atoms with E-state index in [9.17, 15) is 4.79 Å². The first-order chi connectivity index (χ1) is 10.3. The average Bonchev–Trinajstić information content (AvgIpc) is 2.53. The van der Waals surface area contributed by atoms with E-state index >= 15 is 0 Å². The van der Waals surface area contributed by atoms with Crippen molar-refractivity contribution in [3.8, 4) is 5.75 Å². The summed E-state index contributed by atoms with van der Waals surface area (Å²) in [6.07, 6.45) is 0. The molecule has 1 unspecified atom stereocenters. The normalized spacial score (nSPS) is 18.7. The Morgan fingerprint density at radius 1 is 1.14 bits per heavy atom. The van der Waals surface area contributed by atoms with Gasteiger partial charge < -0.3 is 10.5 Å². The summed E-state index contributed by atoms with van der Waals surface area (Å²) >= 11 is 0. The molecular weight excluding hydrogens is 266 g/mol. The lowest BCUT2D eigenvalue weighted by molar-refractivity contribution is 0.249. The molecule has 0 spiro atoms. The first-order valence-corrected chi connectivity index (χ1v) is 6.66. The van der Waals surface area contributed by atoms with Gasteiger partial charge in [-0.3, -0.25) is 0 Å². The van der Waals surface area contributed by atoms with Crippen LogP contribution in [0.15, 0.2) is 59.7 Å². The smallest absolute Gasteiger partial charge is 0.332 e. The van der Waals surface area contributed by atoms with Gasteiger partial charge in [0.05, 0.1) is 11.6 Å². The van der Waals surface area contributed by atoms with E-state index in [1.807, 2.05) is 54.6 Å². The number of rotatable bonds is 2. The molecule has 1 aliphatic heterocycles. The maximum Gasteiger partial charge on any atom is 0.332 e. The number of hydrogen-bond donors (Lipinski definition) is 2. The molecule has 0 saturated carbocycles. The molecule has 3 N–H and O–H groups in total. The predicted molar refractivity (Wildman–Crippen MR) is 80.4 cm³/mol. The topological polar surface area (TPSA) is 76.7 Å². The van der Waals surface area contributed by atoms with Crippen molar-refractivity contribution in [1.82, 2.24) is 5.43 Å². The van der Waals surface area contributed by atoms with E-state index < -0.39 is 6.03 Å². The number of urea groups is 1. The summed E-state index contributed by atoms with van der Waals surface area (Å²) in [5.41, 5.74) is 10.2. The van der Waals surface area contributed by atoms with Gasteiger partial charge in [-0.25, -0.2) is 10.2 Å². The van der Waals surface area contributed by atoms with Gasteiger partial charge in [0.1, 0.15) is 12.4 Å². The molecule has 2 aromatic rings. The lowest BCUT2D eigenvalue weighted by Crippen LogP contribution is -2.31. The van der Waals surface area contributed by atoms with Gasteiger partial charge in [-0.15, -0.1) is 0 Å². The summed E-state index contributed by atoms with van der Waals surface area (Å²) in [5.74, 6) is 0.711. The summed E-state index contributed by atoms with van der Waals surface area (Å²) < 4.78 is 5.80. The second kappa shape index (κ2) is 5.66. The predicted octanol–water partition coefficient (Wildman–Crippen LogP) is 2.24. The highest BCUT2D eigenvalue weighted by Gasteiger charge is 2.28. The molecule has 0 bridgehead atoms.